The second kappa shape index (κ2) is 8.71. The van der Waals surface area contributed by atoms with Crippen molar-refractivity contribution in [1.29, 1.82) is 0 Å². The van der Waals surface area contributed by atoms with Crippen LogP contribution in [-0.4, -0.2) is 23.5 Å². The number of furan rings is 1. The molecular weight excluding hydrogens is 378 g/mol. The lowest BCUT2D eigenvalue weighted by Crippen LogP contribution is -2.30. The predicted molar refractivity (Wildman–Crippen MR) is 115 cm³/mol. The summed E-state index contributed by atoms with van der Waals surface area (Å²) in [6.45, 7) is 5.14. The number of carbonyl (C=O) groups excluding carboxylic acids is 1. The lowest BCUT2D eigenvalue weighted by atomic mass is 10.0. The Balaban J connectivity index is 1.29. The Labute approximate surface area is 176 Å². The third-order valence-corrected chi connectivity index (χ3v) is 5.61. The molecule has 0 fully saturated rings. The molecule has 2 aromatic heterocycles. The van der Waals surface area contributed by atoms with Crippen molar-refractivity contribution >= 4 is 5.91 Å². The molecule has 0 aliphatic heterocycles. The Morgan fingerprint density at radius 1 is 1.23 bits per heavy atom. The number of rotatable bonds is 8. The minimum atomic E-state index is -0.501. The average Bonchev–Trinajstić information content (AvgIpc) is 3.34. The molecule has 4 rings (SSSR count). The van der Waals surface area contributed by atoms with E-state index in [0.717, 1.165) is 43.1 Å². The summed E-state index contributed by atoms with van der Waals surface area (Å²) in [4.78, 5) is 15.3. The molecule has 2 unspecified atom stereocenters. The molecule has 1 amide bonds. The van der Waals surface area contributed by atoms with Crippen LogP contribution < -0.4 is 15.8 Å². The van der Waals surface area contributed by atoms with Gasteiger partial charge in [-0.3, -0.25) is 4.79 Å². The Morgan fingerprint density at radius 2 is 2.07 bits per heavy atom. The van der Waals surface area contributed by atoms with Crippen LogP contribution in [-0.2, 0) is 12.8 Å². The summed E-state index contributed by atoms with van der Waals surface area (Å²) >= 11 is 0. The number of nitrogens with zero attached hydrogens (tertiary/aromatic N) is 1. The van der Waals surface area contributed by atoms with E-state index in [9.17, 15) is 4.79 Å². The van der Waals surface area contributed by atoms with E-state index >= 15 is 0 Å². The van der Waals surface area contributed by atoms with Crippen LogP contribution in [0, 0.1) is 6.92 Å². The smallest absolute Gasteiger partial charge is 0.250 e. The van der Waals surface area contributed by atoms with Gasteiger partial charge >= 0.3 is 0 Å². The van der Waals surface area contributed by atoms with Gasteiger partial charge in [-0.2, -0.15) is 0 Å². The van der Waals surface area contributed by atoms with Gasteiger partial charge in [-0.25, -0.2) is 4.98 Å². The van der Waals surface area contributed by atoms with Crippen LogP contribution in [0.15, 0.2) is 53.1 Å². The zero-order valence-electron chi connectivity index (χ0n) is 17.4. The third-order valence-electron chi connectivity index (χ3n) is 5.61. The van der Waals surface area contributed by atoms with Crippen LogP contribution in [0.25, 0.3) is 0 Å². The molecule has 6 nitrogen and oxygen atoms in total. The van der Waals surface area contributed by atoms with E-state index in [2.05, 4.69) is 35.4 Å². The van der Waals surface area contributed by atoms with Gasteiger partial charge in [0, 0.05) is 24.2 Å². The van der Waals surface area contributed by atoms with E-state index < -0.39 is 5.91 Å². The summed E-state index contributed by atoms with van der Waals surface area (Å²) in [7, 11) is 0. The highest BCUT2D eigenvalue weighted by Gasteiger charge is 2.22. The number of carbonyl (C=O) groups is 1. The quantitative estimate of drug-likeness (QED) is 0.588. The number of aromatic nitrogens is 1. The highest BCUT2D eigenvalue weighted by molar-refractivity contribution is 5.92. The first kappa shape index (κ1) is 20.2. The number of benzene rings is 1. The normalized spacial score (nSPS) is 16.3. The number of hydrogen-bond acceptors (Lipinski definition) is 5. The molecule has 0 radical (unpaired) electrons. The summed E-state index contributed by atoms with van der Waals surface area (Å²) in [6.07, 6.45) is 4.47. The van der Waals surface area contributed by atoms with Gasteiger partial charge in [0.2, 0.25) is 11.8 Å². The van der Waals surface area contributed by atoms with E-state index in [1.807, 2.05) is 19.1 Å². The molecule has 6 heteroatoms. The van der Waals surface area contributed by atoms with E-state index in [4.69, 9.17) is 14.9 Å². The molecule has 0 bridgehead atoms. The molecule has 3 N–H and O–H groups in total. The van der Waals surface area contributed by atoms with Gasteiger partial charge < -0.3 is 20.2 Å². The van der Waals surface area contributed by atoms with Crippen LogP contribution in [0.2, 0.25) is 0 Å². The van der Waals surface area contributed by atoms with Crippen molar-refractivity contribution in [1.82, 2.24) is 10.3 Å². The van der Waals surface area contributed by atoms with Crippen LogP contribution >= 0.6 is 0 Å². The van der Waals surface area contributed by atoms with Crippen molar-refractivity contribution in [3.8, 4) is 11.6 Å². The van der Waals surface area contributed by atoms with Gasteiger partial charge in [0.1, 0.15) is 17.3 Å². The molecule has 1 aliphatic rings. The first-order valence-corrected chi connectivity index (χ1v) is 10.3. The Bertz CT molecular complexity index is 1030. The number of hydrogen-bond donors (Lipinski definition) is 2. The van der Waals surface area contributed by atoms with Gasteiger partial charge in [0.05, 0.1) is 5.56 Å². The fourth-order valence-corrected chi connectivity index (χ4v) is 3.87. The highest BCUT2D eigenvalue weighted by atomic mass is 16.5. The molecule has 0 saturated heterocycles. The molecule has 1 aliphatic carbocycles. The predicted octanol–water partition coefficient (Wildman–Crippen LogP) is 4.12. The van der Waals surface area contributed by atoms with Gasteiger partial charge in [-0.05, 0) is 74.2 Å². The first-order valence-electron chi connectivity index (χ1n) is 10.3. The summed E-state index contributed by atoms with van der Waals surface area (Å²) < 4.78 is 11.6. The van der Waals surface area contributed by atoms with Gasteiger partial charge in [-0.15, -0.1) is 0 Å². The Morgan fingerprint density at radius 3 is 2.77 bits per heavy atom. The number of nitrogens with one attached hydrogen (secondary N) is 1. The second-order valence-corrected chi connectivity index (χ2v) is 7.98. The SMILES string of the molecule is Cc1ccc(C(C)CCNC2Cc3ccc(Oc4ccc(C(N)=O)cn4)cc3C2)o1. The third kappa shape index (κ3) is 4.71. The molecule has 0 spiro atoms. The van der Waals surface area contributed by atoms with E-state index in [1.54, 1.807) is 12.1 Å². The summed E-state index contributed by atoms with van der Waals surface area (Å²) in [5.74, 6) is 3.11. The molecular formula is C24H27N3O3. The van der Waals surface area contributed by atoms with Crippen LogP contribution in [0.5, 0.6) is 11.6 Å². The summed E-state index contributed by atoms with van der Waals surface area (Å²) in [5.41, 5.74) is 8.26. The minimum absolute atomic E-state index is 0.363. The van der Waals surface area contributed by atoms with Gasteiger partial charge in [0.25, 0.3) is 0 Å². The average molecular weight is 405 g/mol. The van der Waals surface area contributed by atoms with Crippen LogP contribution in [0.4, 0.5) is 0 Å². The molecule has 3 aromatic rings. The van der Waals surface area contributed by atoms with E-state index in [1.165, 1.54) is 17.3 Å². The number of pyridine rings is 1. The van der Waals surface area contributed by atoms with Crippen LogP contribution in [0.1, 0.15) is 52.3 Å². The zero-order chi connectivity index (χ0) is 21.1. The lowest BCUT2D eigenvalue weighted by molar-refractivity contribution is 0.1000. The largest absolute Gasteiger partial charge is 0.466 e. The maximum Gasteiger partial charge on any atom is 0.250 e. The maximum absolute atomic E-state index is 11.1. The summed E-state index contributed by atoms with van der Waals surface area (Å²) in [6, 6.07) is 14.0. The van der Waals surface area contributed by atoms with Crippen molar-refractivity contribution in [3.05, 3.63) is 76.9 Å². The monoisotopic (exact) mass is 405 g/mol. The number of nitrogens with two attached hydrogens (primary N) is 1. The molecule has 0 saturated carbocycles. The van der Waals surface area contributed by atoms with Gasteiger partial charge in [0.15, 0.2) is 0 Å². The number of ether oxygens (including phenoxy) is 1. The number of aryl methyl sites for hydroxylation is 1. The topological polar surface area (TPSA) is 90.4 Å². The zero-order valence-corrected chi connectivity index (χ0v) is 17.4. The Kier molecular flexibility index (Phi) is 5.86. The van der Waals surface area contributed by atoms with Crippen molar-refractivity contribution in [2.75, 3.05) is 6.54 Å². The van der Waals surface area contributed by atoms with Crippen LogP contribution in [0.3, 0.4) is 0 Å². The van der Waals surface area contributed by atoms with E-state index in [0.29, 0.717) is 23.4 Å². The standard InChI is InChI=1S/C24H27N3O3/c1-15(22-7-3-16(2)29-22)9-10-26-20-11-17-4-6-21(13-19(17)12-20)30-23-8-5-18(14-27-23)24(25)28/h3-8,13-15,20,26H,9-12H2,1-2H3,(H2,25,28). The maximum atomic E-state index is 11.1. The number of primary amides is 1. The van der Waals surface area contributed by atoms with E-state index in [-0.39, 0.29) is 0 Å². The lowest BCUT2D eigenvalue weighted by Gasteiger charge is -2.14. The molecule has 1 aromatic carbocycles. The van der Waals surface area contributed by atoms with Crippen molar-refractivity contribution in [2.24, 2.45) is 5.73 Å². The highest BCUT2D eigenvalue weighted by Crippen LogP contribution is 2.29. The fraction of sp³-hybridized carbons (Fsp3) is 0.333. The minimum Gasteiger partial charge on any atom is -0.466 e. The van der Waals surface area contributed by atoms with Crippen molar-refractivity contribution in [2.45, 2.75) is 45.1 Å². The van der Waals surface area contributed by atoms with Crippen molar-refractivity contribution in [3.63, 3.8) is 0 Å². The molecule has 156 valence electrons. The fourth-order valence-electron chi connectivity index (χ4n) is 3.87. The van der Waals surface area contributed by atoms with Gasteiger partial charge in [-0.1, -0.05) is 13.0 Å². The Hall–Kier alpha value is -3.12. The van der Waals surface area contributed by atoms with Crippen molar-refractivity contribution < 1.29 is 13.9 Å². The number of amides is 1. The molecule has 2 atom stereocenters. The molecule has 30 heavy (non-hydrogen) atoms. The summed E-state index contributed by atoms with van der Waals surface area (Å²) in [5, 5.41) is 3.68. The first-order chi connectivity index (χ1) is 14.5. The second-order valence-electron chi connectivity index (χ2n) is 7.98. The number of fused-ring (bicyclic) bond motifs is 1. The molecule has 2 heterocycles.